The molecule has 0 bridgehead atoms. The van der Waals surface area contributed by atoms with Gasteiger partial charge in [0.15, 0.2) is 0 Å². The normalized spacial score (nSPS) is 12.2. The van der Waals surface area contributed by atoms with E-state index in [1.807, 2.05) is 20.8 Å². The van der Waals surface area contributed by atoms with E-state index in [9.17, 15) is 22.4 Å². The van der Waals surface area contributed by atoms with Crippen molar-refractivity contribution in [3.63, 3.8) is 0 Å². The predicted molar refractivity (Wildman–Crippen MR) is 151 cm³/mol. The molecule has 3 rings (SSSR count). The number of sulfonamides is 1. The lowest BCUT2D eigenvalue weighted by molar-refractivity contribution is -0.139. The molecule has 2 amide bonds. The molecule has 0 aliphatic rings. The fourth-order valence-corrected chi connectivity index (χ4v) is 5.45. The van der Waals surface area contributed by atoms with E-state index in [1.54, 1.807) is 57.2 Å². The molecule has 0 fully saturated rings. The van der Waals surface area contributed by atoms with Crippen LogP contribution in [0, 0.1) is 26.6 Å². The number of carbonyl (C=O) groups excluding carboxylic acids is 2. The van der Waals surface area contributed by atoms with Crippen molar-refractivity contribution in [2.24, 2.45) is 0 Å². The molecular formula is C30H36FN3O4S. The third-order valence-electron chi connectivity index (χ3n) is 6.56. The Hall–Kier alpha value is -3.72. The van der Waals surface area contributed by atoms with Crippen LogP contribution >= 0.6 is 0 Å². The number of hydrogen-bond acceptors (Lipinski definition) is 4. The van der Waals surface area contributed by atoms with Crippen molar-refractivity contribution in [3.05, 3.63) is 94.8 Å². The van der Waals surface area contributed by atoms with Gasteiger partial charge in [-0.3, -0.25) is 13.9 Å². The number of nitrogens with zero attached hydrogens (tertiary/aromatic N) is 2. The van der Waals surface area contributed by atoms with E-state index >= 15 is 0 Å². The van der Waals surface area contributed by atoms with E-state index in [4.69, 9.17) is 0 Å². The van der Waals surface area contributed by atoms with E-state index in [0.29, 0.717) is 5.69 Å². The summed E-state index contributed by atoms with van der Waals surface area (Å²) in [6.07, 6.45) is 0. The molecule has 9 heteroatoms. The molecule has 0 saturated carbocycles. The van der Waals surface area contributed by atoms with Gasteiger partial charge in [-0.15, -0.1) is 0 Å². The molecule has 208 valence electrons. The summed E-state index contributed by atoms with van der Waals surface area (Å²) in [6, 6.07) is 16.4. The Kier molecular flexibility index (Phi) is 9.50. The summed E-state index contributed by atoms with van der Waals surface area (Å²) in [5.74, 6) is -1.59. The number of aryl methyl sites for hydroxylation is 3. The maximum atomic E-state index is 14.6. The minimum atomic E-state index is -4.16. The van der Waals surface area contributed by atoms with Crippen LogP contribution in [0.5, 0.6) is 0 Å². The highest BCUT2D eigenvalue weighted by molar-refractivity contribution is 7.92. The van der Waals surface area contributed by atoms with Crippen LogP contribution in [-0.4, -0.2) is 43.8 Å². The topological polar surface area (TPSA) is 86.8 Å². The second-order valence-corrected chi connectivity index (χ2v) is 11.9. The van der Waals surface area contributed by atoms with Crippen molar-refractivity contribution in [1.82, 2.24) is 10.2 Å². The number of hydrogen-bond donors (Lipinski definition) is 1. The van der Waals surface area contributed by atoms with Gasteiger partial charge < -0.3 is 10.2 Å². The SMILES string of the molecule is Cc1ccc(S(=O)(=O)N(CC(=O)N(Cc2ccccc2F)[C@@H](C)C(=O)NC(C)C)c2ccc(C)c(C)c2)cc1. The van der Waals surface area contributed by atoms with E-state index in [2.05, 4.69) is 5.32 Å². The number of nitrogens with one attached hydrogen (secondary N) is 1. The van der Waals surface area contributed by atoms with E-state index < -0.39 is 40.2 Å². The van der Waals surface area contributed by atoms with Crippen LogP contribution in [0.15, 0.2) is 71.6 Å². The van der Waals surface area contributed by atoms with Gasteiger partial charge in [-0.2, -0.15) is 0 Å². The molecule has 0 unspecified atom stereocenters. The Morgan fingerprint density at radius 3 is 2.13 bits per heavy atom. The molecular weight excluding hydrogens is 517 g/mol. The number of benzene rings is 3. The molecule has 0 aliphatic carbocycles. The average Bonchev–Trinajstić information content (AvgIpc) is 2.87. The standard InChI is InChI=1S/C30H36FN3O4S/c1-20(2)32-30(36)24(6)33(18-25-9-7-8-10-28(25)31)29(35)19-34(26-14-13-22(4)23(5)17-26)39(37,38)27-15-11-21(3)12-16-27/h7-17,20,24H,18-19H2,1-6H3,(H,32,36)/t24-/m0/s1. The molecule has 3 aromatic carbocycles. The van der Waals surface area contributed by atoms with Gasteiger partial charge in [-0.25, -0.2) is 12.8 Å². The first kappa shape index (κ1) is 29.8. The number of carbonyl (C=O) groups is 2. The summed E-state index contributed by atoms with van der Waals surface area (Å²) >= 11 is 0. The van der Waals surface area contributed by atoms with Crippen LogP contribution in [0.1, 0.15) is 43.0 Å². The van der Waals surface area contributed by atoms with Crippen molar-refractivity contribution in [2.75, 3.05) is 10.8 Å². The number of halogens is 1. The van der Waals surface area contributed by atoms with Crippen molar-refractivity contribution >= 4 is 27.5 Å². The van der Waals surface area contributed by atoms with Gasteiger partial charge in [-0.1, -0.05) is 42.0 Å². The van der Waals surface area contributed by atoms with Gasteiger partial charge in [0.05, 0.1) is 10.6 Å². The lowest BCUT2D eigenvalue weighted by Gasteiger charge is -2.32. The summed E-state index contributed by atoms with van der Waals surface area (Å²) in [5, 5.41) is 2.78. The Morgan fingerprint density at radius 2 is 1.54 bits per heavy atom. The van der Waals surface area contributed by atoms with Crippen molar-refractivity contribution in [3.8, 4) is 0 Å². The number of rotatable bonds is 10. The number of anilines is 1. The molecule has 1 atom stereocenters. The van der Waals surface area contributed by atoms with E-state index in [0.717, 1.165) is 21.0 Å². The first-order valence-corrected chi connectivity index (χ1v) is 14.2. The first-order valence-electron chi connectivity index (χ1n) is 12.8. The molecule has 3 aromatic rings. The van der Waals surface area contributed by atoms with Crippen LogP contribution < -0.4 is 9.62 Å². The van der Waals surface area contributed by atoms with Crippen LogP contribution in [0.3, 0.4) is 0 Å². The Balaban J connectivity index is 2.07. The zero-order chi connectivity index (χ0) is 28.9. The fourth-order valence-electron chi connectivity index (χ4n) is 4.04. The number of amides is 2. The Bertz CT molecular complexity index is 1440. The minimum absolute atomic E-state index is 0.0328. The molecule has 1 N–H and O–H groups in total. The molecule has 0 heterocycles. The Morgan fingerprint density at radius 1 is 0.897 bits per heavy atom. The second kappa shape index (κ2) is 12.4. The average molecular weight is 554 g/mol. The minimum Gasteiger partial charge on any atom is -0.352 e. The van der Waals surface area contributed by atoms with Gasteiger partial charge in [0.2, 0.25) is 11.8 Å². The lowest BCUT2D eigenvalue weighted by Crippen LogP contribution is -2.52. The van der Waals surface area contributed by atoms with Crippen molar-refractivity contribution < 1.29 is 22.4 Å². The first-order chi connectivity index (χ1) is 18.3. The summed E-state index contributed by atoms with van der Waals surface area (Å²) in [6.45, 7) is 9.98. The predicted octanol–water partition coefficient (Wildman–Crippen LogP) is 4.89. The van der Waals surface area contributed by atoms with Gasteiger partial charge in [0, 0.05) is 18.2 Å². The smallest absolute Gasteiger partial charge is 0.264 e. The largest absolute Gasteiger partial charge is 0.352 e. The highest BCUT2D eigenvalue weighted by Crippen LogP contribution is 2.27. The van der Waals surface area contributed by atoms with Crippen LogP contribution in [0.2, 0.25) is 0 Å². The fraction of sp³-hybridized carbons (Fsp3) is 0.333. The van der Waals surface area contributed by atoms with Gasteiger partial charge >= 0.3 is 0 Å². The molecule has 0 saturated heterocycles. The highest BCUT2D eigenvalue weighted by Gasteiger charge is 2.33. The van der Waals surface area contributed by atoms with Crippen molar-refractivity contribution in [1.29, 1.82) is 0 Å². The zero-order valence-electron chi connectivity index (χ0n) is 23.2. The maximum absolute atomic E-state index is 14.6. The van der Waals surface area contributed by atoms with Gasteiger partial charge in [0.1, 0.15) is 18.4 Å². The zero-order valence-corrected chi connectivity index (χ0v) is 24.0. The highest BCUT2D eigenvalue weighted by atomic mass is 32.2. The second-order valence-electron chi connectivity index (χ2n) is 10.0. The molecule has 0 spiro atoms. The summed E-state index contributed by atoms with van der Waals surface area (Å²) in [4.78, 5) is 28.1. The summed E-state index contributed by atoms with van der Waals surface area (Å²) in [5.41, 5.74) is 3.25. The quantitative estimate of drug-likeness (QED) is 0.387. The molecule has 0 aliphatic heterocycles. The Labute approximate surface area is 230 Å². The maximum Gasteiger partial charge on any atom is 0.264 e. The van der Waals surface area contributed by atoms with Gasteiger partial charge in [-0.05, 0) is 83.0 Å². The molecule has 7 nitrogen and oxygen atoms in total. The molecule has 0 radical (unpaired) electrons. The third-order valence-corrected chi connectivity index (χ3v) is 8.35. The van der Waals surface area contributed by atoms with Gasteiger partial charge in [0.25, 0.3) is 10.0 Å². The van der Waals surface area contributed by atoms with Crippen LogP contribution in [0.4, 0.5) is 10.1 Å². The lowest BCUT2D eigenvalue weighted by atomic mass is 10.1. The third kappa shape index (κ3) is 7.23. The van der Waals surface area contributed by atoms with E-state index in [-0.39, 0.29) is 23.0 Å². The summed E-state index contributed by atoms with van der Waals surface area (Å²) < 4.78 is 43.4. The summed E-state index contributed by atoms with van der Waals surface area (Å²) in [7, 11) is -4.16. The monoisotopic (exact) mass is 553 g/mol. The van der Waals surface area contributed by atoms with Crippen molar-refractivity contribution in [2.45, 2.75) is 65.1 Å². The van der Waals surface area contributed by atoms with Crippen LogP contribution in [0.25, 0.3) is 0 Å². The van der Waals surface area contributed by atoms with Crippen LogP contribution in [-0.2, 0) is 26.2 Å². The van der Waals surface area contributed by atoms with E-state index in [1.165, 1.54) is 35.2 Å². The molecule has 39 heavy (non-hydrogen) atoms. The molecule has 0 aromatic heterocycles.